The summed E-state index contributed by atoms with van der Waals surface area (Å²) in [5.74, 6) is 0.255. The second-order valence-corrected chi connectivity index (χ2v) is 9.98. The van der Waals surface area contributed by atoms with Crippen molar-refractivity contribution in [2.45, 2.75) is 65.0 Å². The summed E-state index contributed by atoms with van der Waals surface area (Å²) in [6.45, 7) is 5.94. The number of nitrogens with zero attached hydrogens (tertiary/aromatic N) is 3. The lowest BCUT2D eigenvalue weighted by Gasteiger charge is -2.22. The lowest BCUT2D eigenvalue weighted by Crippen LogP contribution is -2.23. The van der Waals surface area contributed by atoms with E-state index in [1.807, 2.05) is 39.0 Å². The fraction of sp³-hybridized carbons (Fsp3) is 0.393. The Morgan fingerprint density at radius 2 is 1.92 bits per heavy atom. The highest BCUT2D eigenvalue weighted by atomic mass is 32.2. The second kappa shape index (κ2) is 17.4. The zero-order valence-corrected chi connectivity index (χ0v) is 24.1. The summed E-state index contributed by atoms with van der Waals surface area (Å²) in [4.78, 5) is 35.8. The van der Waals surface area contributed by atoms with Gasteiger partial charge in [0.1, 0.15) is 0 Å². The summed E-state index contributed by atoms with van der Waals surface area (Å²) in [7, 11) is 1.53. The van der Waals surface area contributed by atoms with Crippen molar-refractivity contribution in [2.75, 3.05) is 12.4 Å². The number of pyridine rings is 1. The quantitative estimate of drug-likeness (QED) is 0.226. The van der Waals surface area contributed by atoms with Crippen LogP contribution in [-0.2, 0) is 9.59 Å². The second-order valence-electron chi connectivity index (χ2n) is 8.33. The van der Waals surface area contributed by atoms with Gasteiger partial charge in [0.25, 0.3) is 5.91 Å². The topological polar surface area (TPSA) is 123 Å². The Kier molecular flexibility index (Phi) is 14.3. The monoisotopic (exact) mass is 554 g/mol. The molecule has 4 N–H and O–H groups in total. The molecule has 1 unspecified atom stereocenters. The molecule has 4 rings (SSSR count). The number of anilines is 1. The van der Waals surface area contributed by atoms with Crippen LogP contribution in [0.25, 0.3) is 17.3 Å². The van der Waals surface area contributed by atoms with Gasteiger partial charge in [-0.15, -0.1) is 0 Å². The highest BCUT2D eigenvalue weighted by Gasteiger charge is 2.14. The number of rotatable bonds is 8. The van der Waals surface area contributed by atoms with Crippen molar-refractivity contribution in [3.05, 3.63) is 63.6 Å². The first-order chi connectivity index (χ1) is 18.5. The van der Waals surface area contributed by atoms with E-state index in [9.17, 15) is 9.59 Å². The van der Waals surface area contributed by atoms with Gasteiger partial charge in [-0.2, -0.15) is 11.3 Å². The molecule has 1 fully saturated rings. The summed E-state index contributed by atoms with van der Waals surface area (Å²) in [6, 6.07) is 10.1. The molecule has 38 heavy (non-hydrogen) atoms. The number of hydrogen-bond acceptors (Lipinski definition) is 9. The third kappa shape index (κ3) is 10.4. The number of likely N-dealkylation sites (N-methyl/N-ethyl adjacent to an activating group) is 1. The summed E-state index contributed by atoms with van der Waals surface area (Å²) in [6.07, 6.45) is 9.26. The first-order valence-electron chi connectivity index (χ1n) is 12.9. The van der Waals surface area contributed by atoms with Crippen LogP contribution in [0, 0.1) is 0 Å². The minimum absolute atomic E-state index is 0.00594. The molecule has 1 amide bonds. The minimum atomic E-state index is -0.308. The number of aromatic nitrogens is 3. The van der Waals surface area contributed by atoms with E-state index in [0.29, 0.717) is 28.2 Å². The maximum Gasteiger partial charge on any atom is 0.257 e. The molecule has 3 aromatic rings. The van der Waals surface area contributed by atoms with Crippen molar-refractivity contribution in [3.8, 4) is 11.3 Å². The van der Waals surface area contributed by atoms with Gasteiger partial charge >= 0.3 is 0 Å². The molecule has 0 spiro atoms. The van der Waals surface area contributed by atoms with Gasteiger partial charge in [-0.25, -0.2) is 9.97 Å². The van der Waals surface area contributed by atoms with Crippen LogP contribution in [0.4, 0.5) is 5.95 Å². The van der Waals surface area contributed by atoms with Crippen molar-refractivity contribution >= 4 is 46.6 Å². The number of thiophene rings is 1. The van der Waals surface area contributed by atoms with Gasteiger partial charge in [0.15, 0.2) is 5.62 Å². The normalized spacial score (nSPS) is 14.2. The van der Waals surface area contributed by atoms with Crippen LogP contribution in [0.3, 0.4) is 0 Å². The summed E-state index contributed by atoms with van der Waals surface area (Å²) < 4.78 is 0. The van der Waals surface area contributed by atoms with E-state index in [2.05, 4.69) is 42.4 Å². The van der Waals surface area contributed by atoms with Crippen LogP contribution < -0.4 is 16.4 Å². The van der Waals surface area contributed by atoms with Crippen LogP contribution in [0.5, 0.6) is 0 Å². The molecular formula is C28H38N6O2S2. The predicted molar refractivity (Wildman–Crippen MR) is 160 cm³/mol. The number of nitrogens with two attached hydrogens (primary N) is 1. The summed E-state index contributed by atoms with van der Waals surface area (Å²) in [5, 5.41) is 9.99. The Balaban J connectivity index is 0.000000272. The summed E-state index contributed by atoms with van der Waals surface area (Å²) in [5.41, 5.74) is 10.1. The van der Waals surface area contributed by atoms with Crippen molar-refractivity contribution in [3.63, 3.8) is 0 Å². The molecule has 3 heterocycles. The Labute approximate surface area is 234 Å². The Hall–Kier alpha value is -3.08. The highest BCUT2D eigenvalue weighted by Crippen LogP contribution is 2.22. The van der Waals surface area contributed by atoms with E-state index in [1.165, 1.54) is 26.3 Å². The van der Waals surface area contributed by atoms with Crippen LogP contribution in [0.1, 0.15) is 70.3 Å². The number of amides is 1. The zero-order valence-electron chi connectivity index (χ0n) is 22.5. The first kappa shape index (κ1) is 31.1. The fourth-order valence-corrected chi connectivity index (χ4v) is 4.84. The van der Waals surface area contributed by atoms with E-state index < -0.39 is 0 Å². The molecule has 0 radical (unpaired) electrons. The van der Waals surface area contributed by atoms with Crippen molar-refractivity contribution in [1.29, 1.82) is 0 Å². The molecule has 10 heteroatoms. The largest absolute Gasteiger partial charge is 0.355 e. The van der Waals surface area contributed by atoms with Gasteiger partial charge < -0.3 is 16.4 Å². The number of carbonyl (C=O) groups excluding carboxylic acids is 2. The molecule has 3 aromatic heterocycles. The standard InChI is InChI=1S/C15H20N4O2S.C11H12N2S.C2H6/c1-16-14(21)13(22-10-20)9-12-7-8-17-15(19-12)18-11-5-3-2-4-6-11;1-8(12)10-3-2-4-11(13-10)9-5-6-14-7-9;1-2/h7-11H,2-6H2,1H3,(H,16,21)(H,17,18,19);2-8H,12H2,1H3;1-2H3/b13-9-;;. The van der Waals surface area contributed by atoms with Crippen molar-refractivity contribution < 1.29 is 9.59 Å². The van der Waals surface area contributed by atoms with E-state index >= 15 is 0 Å². The smallest absolute Gasteiger partial charge is 0.257 e. The van der Waals surface area contributed by atoms with Crippen LogP contribution in [0.15, 0.2) is 52.2 Å². The number of nitrogens with one attached hydrogen (secondary N) is 2. The molecule has 0 aromatic carbocycles. The van der Waals surface area contributed by atoms with Crippen LogP contribution in [-0.4, -0.2) is 39.6 Å². The van der Waals surface area contributed by atoms with E-state index in [0.717, 1.165) is 41.6 Å². The molecule has 204 valence electrons. The van der Waals surface area contributed by atoms with Gasteiger partial charge in [-0.05, 0) is 67.2 Å². The zero-order chi connectivity index (χ0) is 27.8. The highest BCUT2D eigenvalue weighted by molar-refractivity contribution is 8.16. The number of carbonyl (C=O) groups is 2. The molecule has 1 saturated carbocycles. The Morgan fingerprint density at radius 3 is 2.55 bits per heavy atom. The van der Waals surface area contributed by atoms with E-state index in [1.54, 1.807) is 29.7 Å². The third-order valence-corrected chi connectivity index (χ3v) is 6.91. The minimum Gasteiger partial charge on any atom is -0.355 e. The van der Waals surface area contributed by atoms with Crippen molar-refractivity contribution in [2.24, 2.45) is 5.73 Å². The molecule has 1 atom stereocenters. The molecule has 1 aliphatic rings. The van der Waals surface area contributed by atoms with Gasteiger partial charge in [0.05, 0.1) is 22.0 Å². The van der Waals surface area contributed by atoms with Gasteiger partial charge in [-0.3, -0.25) is 14.6 Å². The predicted octanol–water partition coefficient (Wildman–Crippen LogP) is 6.09. The van der Waals surface area contributed by atoms with Gasteiger partial charge in [0.2, 0.25) is 5.95 Å². The fourth-order valence-electron chi connectivity index (χ4n) is 3.69. The molecule has 8 nitrogen and oxygen atoms in total. The lowest BCUT2D eigenvalue weighted by atomic mass is 9.96. The Morgan fingerprint density at radius 1 is 1.16 bits per heavy atom. The molecule has 1 aliphatic carbocycles. The molecule has 0 aliphatic heterocycles. The van der Waals surface area contributed by atoms with Crippen LogP contribution >= 0.6 is 23.1 Å². The van der Waals surface area contributed by atoms with E-state index in [-0.39, 0.29) is 11.9 Å². The van der Waals surface area contributed by atoms with Gasteiger partial charge in [0, 0.05) is 36.3 Å². The van der Waals surface area contributed by atoms with Gasteiger partial charge in [-0.1, -0.05) is 39.2 Å². The average molecular weight is 555 g/mol. The van der Waals surface area contributed by atoms with Crippen LogP contribution in [0.2, 0.25) is 0 Å². The number of hydrogen-bond donors (Lipinski definition) is 3. The lowest BCUT2D eigenvalue weighted by molar-refractivity contribution is -0.116. The van der Waals surface area contributed by atoms with E-state index in [4.69, 9.17) is 5.73 Å². The molecular weight excluding hydrogens is 516 g/mol. The molecule has 0 bridgehead atoms. The molecule has 0 saturated heterocycles. The Bertz CT molecular complexity index is 1150. The average Bonchev–Trinajstić information content (AvgIpc) is 3.50. The third-order valence-electron chi connectivity index (χ3n) is 5.57. The maximum absolute atomic E-state index is 11.7. The number of thioether (sulfide) groups is 1. The first-order valence-corrected chi connectivity index (χ1v) is 14.7. The van der Waals surface area contributed by atoms with Crippen molar-refractivity contribution in [1.82, 2.24) is 20.3 Å². The SMILES string of the molecule is CC.CC(N)c1cccc(-c2ccsc2)n1.CNC(=O)/C(=C/c1ccnc(NC2CCCCC2)n1)SC=O. The maximum atomic E-state index is 11.7. The summed E-state index contributed by atoms with van der Waals surface area (Å²) >= 11 is 2.51.